The van der Waals surface area contributed by atoms with E-state index in [4.69, 9.17) is 14.2 Å². The van der Waals surface area contributed by atoms with E-state index in [0.29, 0.717) is 33.0 Å². The molecule has 0 aliphatic rings. The van der Waals surface area contributed by atoms with Gasteiger partial charge in [-0.2, -0.15) is 0 Å². The molecule has 114 valence electrons. The monoisotopic (exact) mass is 283 g/mol. The molecule has 1 aromatic rings. The summed E-state index contributed by atoms with van der Waals surface area (Å²) in [4.78, 5) is 0. The van der Waals surface area contributed by atoms with Crippen molar-refractivity contribution in [3.05, 3.63) is 29.8 Å². The minimum absolute atomic E-state index is 0.302. The highest BCUT2D eigenvalue weighted by atomic mass is 16.5. The van der Waals surface area contributed by atoms with Gasteiger partial charge in [-0.3, -0.25) is 0 Å². The van der Waals surface area contributed by atoms with Crippen molar-refractivity contribution >= 4 is 5.69 Å². The van der Waals surface area contributed by atoms with Gasteiger partial charge in [-0.25, -0.2) is 0 Å². The standard InChI is InChI=1S/C15H25NO4/c1-18-8-7-13-5-3-4-6-15(13)16-11-14(17)12-20-10-9-19-2/h3-6,14,16-17H,7-12H2,1-2H3. The predicted molar refractivity (Wildman–Crippen MR) is 79.2 cm³/mol. The van der Waals surface area contributed by atoms with E-state index in [9.17, 15) is 5.11 Å². The van der Waals surface area contributed by atoms with Crippen LogP contribution in [0.4, 0.5) is 5.69 Å². The molecule has 20 heavy (non-hydrogen) atoms. The molecule has 5 nitrogen and oxygen atoms in total. The van der Waals surface area contributed by atoms with Crippen LogP contribution in [0.25, 0.3) is 0 Å². The smallest absolute Gasteiger partial charge is 0.0945 e. The lowest BCUT2D eigenvalue weighted by atomic mass is 10.1. The molecule has 0 aromatic heterocycles. The van der Waals surface area contributed by atoms with Gasteiger partial charge < -0.3 is 24.6 Å². The van der Waals surface area contributed by atoms with Crippen molar-refractivity contribution in [1.82, 2.24) is 0 Å². The average molecular weight is 283 g/mol. The van der Waals surface area contributed by atoms with Gasteiger partial charge in [0.25, 0.3) is 0 Å². The predicted octanol–water partition coefficient (Wildman–Crippen LogP) is 1.31. The molecule has 0 aliphatic heterocycles. The molecule has 0 amide bonds. The third-order valence-corrected chi connectivity index (χ3v) is 2.86. The van der Waals surface area contributed by atoms with E-state index in [1.54, 1.807) is 14.2 Å². The zero-order valence-electron chi connectivity index (χ0n) is 12.3. The number of ether oxygens (including phenoxy) is 3. The first-order valence-corrected chi connectivity index (χ1v) is 6.83. The van der Waals surface area contributed by atoms with E-state index >= 15 is 0 Å². The number of methoxy groups -OCH3 is 2. The Morgan fingerprint density at radius 1 is 1.10 bits per heavy atom. The highest BCUT2D eigenvalue weighted by molar-refractivity contribution is 5.51. The highest BCUT2D eigenvalue weighted by Crippen LogP contribution is 2.15. The molecule has 0 fully saturated rings. The van der Waals surface area contributed by atoms with Crippen molar-refractivity contribution in [3.63, 3.8) is 0 Å². The van der Waals surface area contributed by atoms with Gasteiger partial charge >= 0.3 is 0 Å². The van der Waals surface area contributed by atoms with Crippen molar-refractivity contribution in [1.29, 1.82) is 0 Å². The Bertz CT molecular complexity index is 359. The number of rotatable bonds is 11. The molecule has 1 unspecified atom stereocenters. The lowest BCUT2D eigenvalue weighted by Crippen LogP contribution is -2.26. The molecule has 1 atom stereocenters. The summed E-state index contributed by atoms with van der Waals surface area (Å²) in [6.07, 6.45) is 0.308. The summed E-state index contributed by atoms with van der Waals surface area (Å²) in [5.74, 6) is 0. The Hall–Kier alpha value is -1.14. The van der Waals surface area contributed by atoms with Crippen molar-refractivity contribution in [2.45, 2.75) is 12.5 Å². The van der Waals surface area contributed by atoms with Crippen LogP contribution in [0.3, 0.4) is 0 Å². The van der Waals surface area contributed by atoms with Crippen molar-refractivity contribution in [2.24, 2.45) is 0 Å². The summed E-state index contributed by atoms with van der Waals surface area (Å²) in [7, 11) is 3.31. The minimum Gasteiger partial charge on any atom is -0.389 e. The van der Waals surface area contributed by atoms with Gasteiger partial charge in [0.1, 0.15) is 0 Å². The van der Waals surface area contributed by atoms with Gasteiger partial charge in [0.15, 0.2) is 0 Å². The summed E-state index contributed by atoms with van der Waals surface area (Å²) >= 11 is 0. The largest absolute Gasteiger partial charge is 0.389 e. The third kappa shape index (κ3) is 6.86. The van der Waals surface area contributed by atoms with E-state index in [2.05, 4.69) is 11.4 Å². The molecule has 0 aliphatic carbocycles. The molecular formula is C15H25NO4. The number of hydrogen-bond donors (Lipinski definition) is 2. The molecule has 0 bridgehead atoms. The number of aliphatic hydroxyl groups excluding tert-OH is 1. The van der Waals surface area contributed by atoms with Gasteiger partial charge in [0.05, 0.1) is 32.5 Å². The second kappa shape index (κ2) is 10.6. The maximum atomic E-state index is 9.82. The fourth-order valence-electron chi connectivity index (χ4n) is 1.77. The SMILES string of the molecule is COCCOCC(O)CNc1ccccc1CCOC. The van der Waals surface area contributed by atoms with Crippen LogP contribution in [-0.2, 0) is 20.6 Å². The second-order valence-corrected chi connectivity index (χ2v) is 4.50. The van der Waals surface area contributed by atoms with Crippen LogP contribution in [0.1, 0.15) is 5.56 Å². The zero-order valence-corrected chi connectivity index (χ0v) is 12.3. The second-order valence-electron chi connectivity index (χ2n) is 4.50. The fourth-order valence-corrected chi connectivity index (χ4v) is 1.77. The van der Waals surface area contributed by atoms with Crippen LogP contribution in [-0.4, -0.2) is 58.4 Å². The lowest BCUT2D eigenvalue weighted by Gasteiger charge is -2.15. The molecular weight excluding hydrogens is 258 g/mol. The molecule has 0 saturated heterocycles. The molecule has 0 spiro atoms. The number of para-hydroxylation sites is 1. The topological polar surface area (TPSA) is 60.0 Å². The van der Waals surface area contributed by atoms with Gasteiger partial charge in [-0.15, -0.1) is 0 Å². The van der Waals surface area contributed by atoms with Crippen molar-refractivity contribution in [3.8, 4) is 0 Å². The summed E-state index contributed by atoms with van der Waals surface area (Å²) < 4.78 is 15.2. The highest BCUT2D eigenvalue weighted by Gasteiger charge is 2.06. The van der Waals surface area contributed by atoms with E-state index in [1.807, 2.05) is 18.2 Å². The lowest BCUT2D eigenvalue weighted by molar-refractivity contribution is 0.0182. The quantitative estimate of drug-likeness (QED) is 0.600. The van der Waals surface area contributed by atoms with Crippen molar-refractivity contribution < 1.29 is 19.3 Å². The zero-order chi connectivity index (χ0) is 14.6. The molecule has 1 rings (SSSR count). The number of anilines is 1. The first-order valence-electron chi connectivity index (χ1n) is 6.83. The first kappa shape index (κ1) is 16.9. The van der Waals surface area contributed by atoms with Crippen LogP contribution < -0.4 is 5.32 Å². The fraction of sp³-hybridized carbons (Fsp3) is 0.600. The summed E-state index contributed by atoms with van der Waals surface area (Å²) in [5.41, 5.74) is 2.21. The number of benzene rings is 1. The summed E-state index contributed by atoms with van der Waals surface area (Å²) in [6, 6.07) is 8.03. The number of nitrogens with one attached hydrogen (secondary N) is 1. The third-order valence-electron chi connectivity index (χ3n) is 2.86. The Balaban J connectivity index is 2.32. The maximum Gasteiger partial charge on any atom is 0.0945 e. The van der Waals surface area contributed by atoms with Crippen LogP contribution in [0, 0.1) is 0 Å². The average Bonchev–Trinajstić information content (AvgIpc) is 2.48. The summed E-state index contributed by atoms with van der Waals surface area (Å²) in [5, 5.41) is 13.1. The Kier molecular flexibility index (Phi) is 8.98. The summed E-state index contributed by atoms with van der Waals surface area (Å²) in [6.45, 7) is 2.48. The van der Waals surface area contributed by atoms with Crippen LogP contribution in [0.2, 0.25) is 0 Å². The normalized spacial score (nSPS) is 12.3. The Morgan fingerprint density at radius 2 is 1.85 bits per heavy atom. The van der Waals surface area contributed by atoms with Gasteiger partial charge in [-0.05, 0) is 18.1 Å². The molecule has 0 saturated carbocycles. The maximum absolute atomic E-state index is 9.82. The van der Waals surface area contributed by atoms with Crippen LogP contribution >= 0.6 is 0 Å². The van der Waals surface area contributed by atoms with Crippen LogP contribution in [0.5, 0.6) is 0 Å². The number of hydrogen-bond acceptors (Lipinski definition) is 5. The minimum atomic E-state index is -0.540. The Labute approximate surface area is 120 Å². The van der Waals surface area contributed by atoms with E-state index < -0.39 is 6.10 Å². The van der Waals surface area contributed by atoms with Crippen molar-refractivity contribution in [2.75, 3.05) is 52.5 Å². The molecule has 2 N–H and O–H groups in total. The van der Waals surface area contributed by atoms with E-state index in [-0.39, 0.29) is 0 Å². The van der Waals surface area contributed by atoms with E-state index in [0.717, 1.165) is 12.1 Å². The Morgan fingerprint density at radius 3 is 2.60 bits per heavy atom. The van der Waals surface area contributed by atoms with Gasteiger partial charge in [0.2, 0.25) is 0 Å². The van der Waals surface area contributed by atoms with Gasteiger partial charge in [0, 0.05) is 26.5 Å². The van der Waals surface area contributed by atoms with Gasteiger partial charge in [-0.1, -0.05) is 18.2 Å². The first-order chi connectivity index (χ1) is 9.77. The molecule has 5 heteroatoms. The van der Waals surface area contributed by atoms with Crippen LogP contribution in [0.15, 0.2) is 24.3 Å². The van der Waals surface area contributed by atoms with E-state index in [1.165, 1.54) is 5.56 Å². The molecule has 0 heterocycles. The number of aliphatic hydroxyl groups is 1. The molecule has 1 aromatic carbocycles. The molecule has 0 radical (unpaired) electrons.